The minimum absolute atomic E-state index is 0.0209. The van der Waals surface area contributed by atoms with Gasteiger partial charge in [0.2, 0.25) is 21.1 Å². The van der Waals surface area contributed by atoms with Gasteiger partial charge in [0.25, 0.3) is 0 Å². The predicted molar refractivity (Wildman–Crippen MR) is 110 cm³/mol. The third-order valence-corrected chi connectivity index (χ3v) is 6.88. The van der Waals surface area contributed by atoms with E-state index in [1.54, 1.807) is 0 Å². The molecule has 0 radical (unpaired) electrons. The summed E-state index contributed by atoms with van der Waals surface area (Å²) in [7, 11) is -2.89. The number of benzene rings is 1. The van der Waals surface area contributed by atoms with Crippen molar-refractivity contribution in [3.05, 3.63) is 29.8 Å². The highest BCUT2D eigenvalue weighted by Gasteiger charge is 2.34. The van der Waals surface area contributed by atoms with Gasteiger partial charge < -0.3 is 4.74 Å². The lowest BCUT2D eigenvalue weighted by molar-refractivity contribution is -0.138. The Hall–Kier alpha value is -2.39. The maximum Gasteiger partial charge on any atom is 0.416 e. The molecule has 0 saturated carbocycles. The van der Waals surface area contributed by atoms with Crippen LogP contribution in [0, 0.1) is 0 Å². The Kier molecular flexibility index (Phi) is 7.88. The van der Waals surface area contributed by atoms with Gasteiger partial charge in [-0.05, 0) is 25.1 Å². The summed E-state index contributed by atoms with van der Waals surface area (Å²) in [6.07, 6.45) is -3.90. The molecule has 0 aliphatic rings. The van der Waals surface area contributed by atoms with Crippen molar-refractivity contribution in [3.8, 4) is 0 Å². The van der Waals surface area contributed by atoms with E-state index >= 15 is 0 Å². The quantitative estimate of drug-likeness (QED) is 0.335. The first-order valence-electron chi connectivity index (χ1n) is 8.33. The van der Waals surface area contributed by atoms with Crippen molar-refractivity contribution in [2.75, 3.05) is 28.7 Å². The summed E-state index contributed by atoms with van der Waals surface area (Å²) in [4.78, 5) is 23.8. The van der Waals surface area contributed by atoms with Crippen LogP contribution in [0.4, 0.5) is 24.0 Å². The van der Waals surface area contributed by atoms with Gasteiger partial charge in [0, 0.05) is 0 Å². The summed E-state index contributed by atoms with van der Waals surface area (Å²) in [5.41, 5.74) is -1.37. The Morgan fingerprint density at radius 3 is 2.58 bits per heavy atom. The van der Waals surface area contributed by atoms with Crippen molar-refractivity contribution in [3.63, 3.8) is 0 Å². The standard InChI is InChI=1S/C16H17F3N4O5S3/c1-9(13(25)20-14-21-22-15(30-14)29-8-12(24)28-2)23(31(3,26)27)11-6-4-5-10(7-11)16(17,18)19/h4-7,9H,8H2,1-3H3,(H,20,21,25)/t9-/m1/s1. The number of carbonyl (C=O) groups is 2. The van der Waals surface area contributed by atoms with Crippen LogP contribution >= 0.6 is 23.1 Å². The van der Waals surface area contributed by atoms with Gasteiger partial charge in [0.05, 0.1) is 30.4 Å². The fraction of sp³-hybridized carbons (Fsp3) is 0.375. The highest BCUT2D eigenvalue weighted by molar-refractivity contribution is 8.01. The zero-order valence-corrected chi connectivity index (χ0v) is 18.8. The van der Waals surface area contributed by atoms with E-state index in [2.05, 4.69) is 20.3 Å². The van der Waals surface area contributed by atoms with E-state index in [0.717, 1.165) is 47.6 Å². The van der Waals surface area contributed by atoms with Crippen molar-refractivity contribution >= 4 is 55.8 Å². The van der Waals surface area contributed by atoms with Gasteiger partial charge in [0.15, 0.2) is 4.34 Å². The van der Waals surface area contributed by atoms with E-state index in [-0.39, 0.29) is 16.6 Å². The number of esters is 1. The van der Waals surface area contributed by atoms with E-state index in [4.69, 9.17) is 0 Å². The molecule has 1 aromatic heterocycles. The van der Waals surface area contributed by atoms with Crippen molar-refractivity contribution < 1.29 is 35.9 Å². The van der Waals surface area contributed by atoms with E-state index in [1.165, 1.54) is 14.0 Å². The number of carbonyl (C=O) groups excluding carboxylic acids is 2. The second-order valence-corrected chi connectivity index (χ2v) is 10.1. The number of halogens is 3. The molecule has 0 aliphatic heterocycles. The van der Waals surface area contributed by atoms with Crippen LogP contribution in [0.1, 0.15) is 12.5 Å². The van der Waals surface area contributed by atoms with Crippen LogP contribution in [-0.2, 0) is 30.5 Å². The van der Waals surface area contributed by atoms with Crippen LogP contribution in [0.5, 0.6) is 0 Å². The number of anilines is 2. The maximum atomic E-state index is 13.0. The third-order valence-electron chi connectivity index (χ3n) is 3.69. The zero-order valence-electron chi connectivity index (χ0n) is 16.3. The highest BCUT2D eigenvalue weighted by Crippen LogP contribution is 2.33. The van der Waals surface area contributed by atoms with Gasteiger partial charge in [-0.1, -0.05) is 29.2 Å². The zero-order chi connectivity index (χ0) is 23.4. The molecule has 2 rings (SSSR count). The molecule has 0 saturated heterocycles. The van der Waals surface area contributed by atoms with Crippen LogP contribution in [-0.4, -0.2) is 55.7 Å². The molecule has 1 aromatic carbocycles. The monoisotopic (exact) mass is 498 g/mol. The first-order valence-corrected chi connectivity index (χ1v) is 12.0. The molecule has 0 bridgehead atoms. The summed E-state index contributed by atoms with van der Waals surface area (Å²) in [5.74, 6) is -1.33. The molecule has 2 aromatic rings. The smallest absolute Gasteiger partial charge is 0.416 e. The molecular formula is C16H17F3N4O5S3. The minimum Gasteiger partial charge on any atom is -0.468 e. The number of nitrogens with zero attached hydrogens (tertiary/aromatic N) is 3. The van der Waals surface area contributed by atoms with Crippen molar-refractivity contribution in [1.29, 1.82) is 0 Å². The number of rotatable bonds is 8. The summed E-state index contributed by atoms with van der Waals surface area (Å²) >= 11 is 1.96. The number of amides is 1. The number of sulfonamides is 1. The third kappa shape index (κ3) is 6.80. The molecule has 0 fully saturated rings. The molecule has 1 amide bonds. The summed E-state index contributed by atoms with van der Waals surface area (Å²) in [5, 5.41) is 9.92. The number of aromatic nitrogens is 2. The van der Waals surface area contributed by atoms with E-state index in [0.29, 0.717) is 14.7 Å². The molecule has 1 N–H and O–H groups in total. The Morgan fingerprint density at radius 2 is 2.00 bits per heavy atom. The average Bonchev–Trinajstić information content (AvgIpc) is 3.11. The van der Waals surface area contributed by atoms with Crippen LogP contribution in [0.15, 0.2) is 28.6 Å². The lowest BCUT2D eigenvalue weighted by atomic mass is 10.2. The van der Waals surface area contributed by atoms with Crippen LogP contribution in [0.2, 0.25) is 0 Å². The van der Waals surface area contributed by atoms with Crippen molar-refractivity contribution in [2.45, 2.75) is 23.5 Å². The SMILES string of the molecule is COC(=O)CSc1nnc(NC(=O)[C@@H](C)N(c2cccc(C(F)(F)F)c2)S(C)(=O)=O)s1. The van der Waals surface area contributed by atoms with Gasteiger partial charge in [-0.25, -0.2) is 8.42 Å². The van der Waals surface area contributed by atoms with Gasteiger partial charge in [-0.2, -0.15) is 13.2 Å². The van der Waals surface area contributed by atoms with Crippen LogP contribution in [0.25, 0.3) is 0 Å². The first-order chi connectivity index (χ1) is 14.3. The Morgan fingerprint density at radius 1 is 1.32 bits per heavy atom. The van der Waals surface area contributed by atoms with Crippen molar-refractivity contribution in [1.82, 2.24) is 10.2 Å². The van der Waals surface area contributed by atoms with E-state index in [9.17, 15) is 31.2 Å². The second kappa shape index (κ2) is 9.82. The number of thioether (sulfide) groups is 1. The summed E-state index contributed by atoms with van der Waals surface area (Å²) in [6.45, 7) is 1.23. The molecule has 170 valence electrons. The number of nitrogens with one attached hydrogen (secondary N) is 1. The molecule has 0 unspecified atom stereocenters. The van der Waals surface area contributed by atoms with E-state index in [1.807, 2.05) is 0 Å². The lowest BCUT2D eigenvalue weighted by Gasteiger charge is -2.28. The molecule has 31 heavy (non-hydrogen) atoms. The molecule has 1 atom stereocenters. The Balaban J connectivity index is 2.21. The summed E-state index contributed by atoms with van der Waals surface area (Å²) < 4.78 is 69.0. The summed E-state index contributed by atoms with van der Waals surface area (Å²) in [6, 6.07) is 2.26. The molecule has 15 heteroatoms. The van der Waals surface area contributed by atoms with Gasteiger partial charge in [-0.3, -0.25) is 19.2 Å². The van der Waals surface area contributed by atoms with Gasteiger partial charge >= 0.3 is 12.1 Å². The van der Waals surface area contributed by atoms with Gasteiger partial charge in [-0.15, -0.1) is 10.2 Å². The fourth-order valence-electron chi connectivity index (χ4n) is 2.34. The van der Waals surface area contributed by atoms with Crippen molar-refractivity contribution in [2.24, 2.45) is 0 Å². The molecular weight excluding hydrogens is 481 g/mol. The second-order valence-electron chi connectivity index (χ2n) is 6.01. The van der Waals surface area contributed by atoms with Crippen LogP contribution in [0.3, 0.4) is 0 Å². The molecule has 1 heterocycles. The van der Waals surface area contributed by atoms with Gasteiger partial charge in [0.1, 0.15) is 6.04 Å². The topological polar surface area (TPSA) is 119 Å². The number of ether oxygens (including phenoxy) is 1. The number of methoxy groups -OCH3 is 1. The van der Waals surface area contributed by atoms with E-state index < -0.39 is 39.7 Å². The lowest BCUT2D eigenvalue weighted by Crippen LogP contribution is -2.45. The Labute approximate surface area is 184 Å². The predicted octanol–water partition coefficient (Wildman–Crippen LogP) is 2.62. The molecule has 9 nitrogen and oxygen atoms in total. The molecule has 0 aliphatic carbocycles. The largest absolute Gasteiger partial charge is 0.468 e. The number of hydrogen-bond donors (Lipinski definition) is 1. The molecule has 0 spiro atoms. The maximum absolute atomic E-state index is 13.0. The van der Waals surface area contributed by atoms with Crippen LogP contribution < -0.4 is 9.62 Å². The first kappa shape index (κ1) is 24.9. The normalized spacial score (nSPS) is 12.8. The number of hydrogen-bond acceptors (Lipinski definition) is 9. The minimum atomic E-state index is -4.69. The fourth-order valence-corrected chi connectivity index (χ4v) is 5.09. The Bertz CT molecular complexity index is 1060. The average molecular weight is 499 g/mol. The number of alkyl halides is 3. The highest BCUT2D eigenvalue weighted by atomic mass is 32.2.